The summed E-state index contributed by atoms with van der Waals surface area (Å²) in [4.78, 5) is 35.0. The van der Waals surface area contributed by atoms with Gasteiger partial charge in [0.05, 0.1) is 0 Å². The lowest BCUT2D eigenvalue weighted by Gasteiger charge is -2.33. The lowest BCUT2D eigenvalue weighted by Crippen LogP contribution is -2.46. The summed E-state index contributed by atoms with van der Waals surface area (Å²) in [5.74, 6) is -0.0545. The lowest BCUT2D eigenvalue weighted by molar-refractivity contribution is -0.149. The van der Waals surface area contributed by atoms with Crippen molar-refractivity contribution in [2.45, 2.75) is 70.9 Å². The zero-order valence-corrected chi connectivity index (χ0v) is 15.8. The van der Waals surface area contributed by atoms with E-state index in [9.17, 15) is 14.7 Å². The molecule has 1 saturated carbocycles. The molecule has 2 aromatic heterocycles. The van der Waals surface area contributed by atoms with Crippen LogP contribution in [-0.4, -0.2) is 53.5 Å². The van der Waals surface area contributed by atoms with E-state index >= 15 is 0 Å². The van der Waals surface area contributed by atoms with Crippen molar-refractivity contribution in [2.24, 2.45) is 5.92 Å². The van der Waals surface area contributed by atoms with Crippen LogP contribution in [0.4, 0.5) is 0 Å². The minimum Gasteiger partial charge on any atom is -0.480 e. The van der Waals surface area contributed by atoms with E-state index in [0.29, 0.717) is 24.5 Å². The zero-order chi connectivity index (χ0) is 19.1. The second-order valence-electron chi connectivity index (χ2n) is 7.74. The van der Waals surface area contributed by atoms with Crippen molar-refractivity contribution >= 4 is 17.7 Å². The van der Waals surface area contributed by atoms with Crippen LogP contribution in [0.3, 0.4) is 0 Å². The average Bonchev–Trinajstić information content (AvgIpc) is 3.25. The number of aromatic nitrogens is 4. The summed E-state index contributed by atoms with van der Waals surface area (Å²) in [5.41, 5.74) is 2.75. The highest BCUT2D eigenvalue weighted by molar-refractivity contribution is 5.85. The summed E-state index contributed by atoms with van der Waals surface area (Å²) in [5, 5.41) is 13.8. The third kappa shape index (κ3) is 3.07. The van der Waals surface area contributed by atoms with Crippen LogP contribution >= 0.6 is 0 Å². The highest BCUT2D eigenvalue weighted by Crippen LogP contribution is 2.40. The molecule has 8 nitrogen and oxygen atoms in total. The first-order valence-electron chi connectivity index (χ1n) is 9.67. The molecule has 27 heavy (non-hydrogen) atoms. The first-order chi connectivity index (χ1) is 13.0. The topological polar surface area (TPSA) is 101 Å². The van der Waals surface area contributed by atoms with Crippen LogP contribution in [-0.2, 0) is 16.0 Å². The fourth-order valence-electron chi connectivity index (χ4n) is 4.92. The maximum absolute atomic E-state index is 13.0. The number of carbonyl (C=O) groups is 2. The Bertz CT molecular complexity index is 893. The fourth-order valence-corrected chi connectivity index (χ4v) is 4.92. The third-order valence-electron chi connectivity index (χ3n) is 6.24. The average molecular weight is 371 g/mol. The summed E-state index contributed by atoms with van der Waals surface area (Å²) in [7, 11) is 0. The van der Waals surface area contributed by atoms with Crippen molar-refractivity contribution in [3.05, 3.63) is 23.3 Å². The predicted molar refractivity (Wildman–Crippen MR) is 97.2 cm³/mol. The van der Waals surface area contributed by atoms with Crippen molar-refractivity contribution in [1.29, 1.82) is 0 Å². The van der Waals surface area contributed by atoms with E-state index in [4.69, 9.17) is 0 Å². The van der Waals surface area contributed by atoms with Gasteiger partial charge < -0.3 is 10.0 Å². The molecule has 1 amide bonds. The number of carboxylic acid groups (broad SMARTS) is 1. The largest absolute Gasteiger partial charge is 0.480 e. The number of hydrogen-bond donors (Lipinski definition) is 1. The number of likely N-dealkylation sites (tertiary alicyclic amines) is 1. The van der Waals surface area contributed by atoms with E-state index in [1.165, 1.54) is 6.33 Å². The molecule has 0 aromatic carbocycles. The summed E-state index contributed by atoms with van der Waals surface area (Å²) in [6.45, 7) is 3.86. The molecule has 0 spiro atoms. The molecule has 0 bridgehead atoms. The molecule has 2 fully saturated rings. The lowest BCUT2D eigenvalue weighted by atomic mass is 9.84. The Hall–Kier alpha value is -2.51. The van der Waals surface area contributed by atoms with E-state index in [1.807, 2.05) is 13.8 Å². The summed E-state index contributed by atoms with van der Waals surface area (Å²) < 4.78 is 1.68. The highest BCUT2D eigenvalue weighted by Gasteiger charge is 2.47. The van der Waals surface area contributed by atoms with E-state index < -0.39 is 12.0 Å². The normalized spacial score (nSPS) is 25.0. The number of hydrogen-bond acceptors (Lipinski definition) is 5. The number of fused-ring (bicyclic) bond motifs is 2. The first kappa shape index (κ1) is 17.9. The Morgan fingerprint density at radius 1 is 1.26 bits per heavy atom. The van der Waals surface area contributed by atoms with Crippen molar-refractivity contribution in [1.82, 2.24) is 24.5 Å². The number of aliphatic carboxylic acids is 1. The smallest absolute Gasteiger partial charge is 0.326 e. The second kappa shape index (κ2) is 6.90. The molecule has 4 rings (SSSR count). The van der Waals surface area contributed by atoms with Gasteiger partial charge in [0.25, 0.3) is 5.78 Å². The van der Waals surface area contributed by atoms with Crippen LogP contribution in [0.15, 0.2) is 6.33 Å². The molecular weight excluding hydrogens is 346 g/mol. The molecule has 1 aliphatic heterocycles. The van der Waals surface area contributed by atoms with Crippen molar-refractivity contribution < 1.29 is 14.7 Å². The Labute approximate surface area is 157 Å². The van der Waals surface area contributed by atoms with Gasteiger partial charge in [-0.2, -0.15) is 10.1 Å². The number of rotatable bonds is 4. The number of amides is 1. The van der Waals surface area contributed by atoms with E-state index in [0.717, 1.165) is 42.6 Å². The van der Waals surface area contributed by atoms with Gasteiger partial charge in [-0.1, -0.05) is 12.8 Å². The van der Waals surface area contributed by atoms with Gasteiger partial charge in [-0.3, -0.25) is 4.79 Å². The summed E-state index contributed by atoms with van der Waals surface area (Å²) in [6, 6.07) is -0.589. The fraction of sp³-hybridized carbons (Fsp3) is 0.632. The van der Waals surface area contributed by atoms with Gasteiger partial charge in [-0.25, -0.2) is 14.3 Å². The van der Waals surface area contributed by atoms with Crippen LogP contribution in [0.25, 0.3) is 5.78 Å². The van der Waals surface area contributed by atoms with Gasteiger partial charge in [-0.05, 0) is 51.0 Å². The minimum absolute atomic E-state index is 0.0608. The van der Waals surface area contributed by atoms with Gasteiger partial charge >= 0.3 is 5.97 Å². The molecule has 1 aliphatic carbocycles. The van der Waals surface area contributed by atoms with Gasteiger partial charge in [0.1, 0.15) is 12.4 Å². The van der Waals surface area contributed by atoms with E-state index in [2.05, 4.69) is 15.1 Å². The molecule has 3 heterocycles. The second-order valence-corrected chi connectivity index (χ2v) is 7.74. The number of nitrogens with zero attached hydrogens (tertiary/aromatic N) is 5. The Morgan fingerprint density at radius 2 is 2.04 bits per heavy atom. The van der Waals surface area contributed by atoms with Gasteiger partial charge in [0.15, 0.2) is 0 Å². The summed E-state index contributed by atoms with van der Waals surface area (Å²) in [6.07, 6.45) is 7.04. The molecular formula is C19H25N5O3. The van der Waals surface area contributed by atoms with Crippen LogP contribution in [0.5, 0.6) is 0 Å². The van der Waals surface area contributed by atoms with Crippen LogP contribution in [0.2, 0.25) is 0 Å². The summed E-state index contributed by atoms with van der Waals surface area (Å²) >= 11 is 0. The Morgan fingerprint density at radius 3 is 2.81 bits per heavy atom. The van der Waals surface area contributed by atoms with Crippen molar-refractivity contribution in [2.75, 3.05) is 0 Å². The van der Waals surface area contributed by atoms with E-state index in [1.54, 1.807) is 9.42 Å². The monoisotopic (exact) mass is 371 g/mol. The molecule has 0 unspecified atom stereocenters. The van der Waals surface area contributed by atoms with Crippen molar-refractivity contribution in [3.8, 4) is 0 Å². The zero-order valence-electron chi connectivity index (χ0n) is 15.8. The molecule has 3 atom stereocenters. The standard InChI is InChI=1S/C19H25N5O3/c1-11-14(12(2)24-19(22-11)20-10-21-24)7-8-17(25)23-15-6-4-3-5-13(15)9-16(23)18(26)27/h10,13,15-16H,3-9H2,1-2H3,(H,26,27)/t13-,15+,16+/m1/s1. The number of carboxylic acids is 1. The van der Waals surface area contributed by atoms with Crippen LogP contribution < -0.4 is 0 Å². The molecule has 144 valence electrons. The predicted octanol–water partition coefficient (Wildman–Crippen LogP) is 1.92. The number of aryl methyl sites for hydroxylation is 2. The van der Waals surface area contributed by atoms with Gasteiger partial charge in [-0.15, -0.1) is 0 Å². The quantitative estimate of drug-likeness (QED) is 0.881. The minimum atomic E-state index is -0.879. The van der Waals surface area contributed by atoms with E-state index in [-0.39, 0.29) is 18.4 Å². The molecule has 2 aliphatic rings. The maximum Gasteiger partial charge on any atom is 0.326 e. The van der Waals surface area contributed by atoms with Gasteiger partial charge in [0, 0.05) is 23.9 Å². The van der Waals surface area contributed by atoms with Gasteiger partial charge in [0.2, 0.25) is 5.91 Å². The first-order valence-corrected chi connectivity index (χ1v) is 9.67. The highest BCUT2D eigenvalue weighted by atomic mass is 16.4. The molecule has 0 radical (unpaired) electrons. The number of carbonyl (C=O) groups excluding carboxylic acids is 1. The third-order valence-corrected chi connectivity index (χ3v) is 6.24. The SMILES string of the molecule is Cc1nc2ncnn2c(C)c1CCC(=O)N1[C@H](C(=O)O)C[C@H]2CCCC[C@@H]21. The maximum atomic E-state index is 13.0. The Kier molecular flexibility index (Phi) is 4.57. The molecule has 2 aromatic rings. The Balaban J connectivity index is 1.54. The molecule has 1 saturated heterocycles. The van der Waals surface area contributed by atoms with Crippen LogP contribution in [0.1, 0.15) is 55.5 Å². The van der Waals surface area contributed by atoms with Crippen molar-refractivity contribution in [3.63, 3.8) is 0 Å². The van der Waals surface area contributed by atoms with Crippen LogP contribution in [0, 0.1) is 19.8 Å². The molecule has 1 N–H and O–H groups in total. The molecule has 8 heteroatoms.